The van der Waals surface area contributed by atoms with Crippen molar-refractivity contribution in [1.82, 2.24) is 4.98 Å². The van der Waals surface area contributed by atoms with Gasteiger partial charge in [-0.05, 0) is 6.92 Å². The van der Waals surface area contributed by atoms with Crippen LogP contribution in [0.2, 0.25) is 0 Å². The molecule has 1 heterocycles. The minimum atomic E-state index is -2.78. The largest absolute Gasteiger partial charge is 0.394 e. The quantitative estimate of drug-likeness (QED) is 0.672. The number of aromatic nitrogens is 1. The fraction of sp³-hybridized carbons (Fsp3) is 0.286. The second-order valence-electron chi connectivity index (χ2n) is 2.41. The monoisotopic (exact) mass is 174 g/mol. The highest BCUT2D eigenvalue weighted by atomic mass is 19.3. The number of hydrogen-bond donors (Lipinski definition) is 2. The number of nitrogen functional groups attached to an aromatic ring is 1. The van der Waals surface area contributed by atoms with E-state index in [4.69, 9.17) is 5.73 Å². The molecule has 0 fully saturated rings. The molecule has 0 radical (unpaired) electrons. The predicted molar refractivity (Wildman–Crippen MR) is 41.2 cm³/mol. The Hall–Kier alpha value is -1.39. The number of anilines is 1. The van der Waals surface area contributed by atoms with Gasteiger partial charge in [0, 0.05) is 11.9 Å². The van der Waals surface area contributed by atoms with Crippen molar-refractivity contribution in [1.29, 1.82) is 0 Å². The molecule has 0 aliphatic carbocycles. The Morgan fingerprint density at radius 3 is 2.58 bits per heavy atom. The summed E-state index contributed by atoms with van der Waals surface area (Å²) in [6.07, 6.45) is -1.57. The Kier molecular flexibility index (Phi) is 2.12. The molecule has 12 heavy (non-hydrogen) atoms. The minimum Gasteiger partial charge on any atom is -0.394 e. The fourth-order valence-corrected chi connectivity index (χ4v) is 0.918. The maximum Gasteiger partial charge on any atom is 0.269 e. The van der Waals surface area contributed by atoms with Gasteiger partial charge in [0.15, 0.2) is 0 Å². The van der Waals surface area contributed by atoms with E-state index in [2.05, 4.69) is 4.98 Å². The summed E-state index contributed by atoms with van der Waals surface area (Å²) < 4.78 is 24.4. The van der Waals surface area contributed by atoms with Gasteiger partial charge in [0.2, 0.25) is 5.43 Å². The van der Waals surface area contributed by atoms with Gasteiger partial charge in [-0.3, -0.25) is 4.79 Å². The summed E-state index contributed by atoms with van der Waals surface area (Å²) in [5, 5.41) is 0. The Bertz CT molecular complexity index is 346. The van der Waals surface area contributed by atoms with Crippen molar-refractivity contribution in [2.45, 2.75) is 13.3 Å². The van der Waals surface area contributed by atoms with E-state index < -0.39 is 17.4 Å². The van der Waals surface area contributed by atoms with Crippen LogP contribution >= 0.6 is 0 Å². The number of nitrogens with one attached hydrogen (secondary N) is 1. The molecule has 0 aliphatic heterocycles. The van der Waals surface area contributed by atoms with Gasteiger partial charge in [-0.1, -0.05) is 0 Å². The lowest BCUT2D eigenvalue weighted by molar-refractivity contribution is 0.149. The van der Waals surface area contributed by atoms with E-state index in [1.165, 1.54) is 13.1 Å². The molecule has 0 bridgehead atoms. The van der Waals surface area contributed by atoms with Gasteiger partial charge in [0.25, 0.3) is 6.43 Å². The summed E-state index contributed by atoms with van der Waals surface area (Å²) in [6.45, 7) is 1.41. The van der Waals surface area contributed by atoms with Crippen molar-refractivity contribution >= 4 is 5.69 Å². The van der Waals surface area contributed by atoms with Crippen LogP contribution in [0.25, 0.3) is 0 Å². The maximum atomic E-state index is 12.2. The molecule has 0 saturated heterocycles. The van der Waals surface area contributed by atoms with Gasteiger partial charge in [-0.25, -0.2) is 8.78 Å². The van der Waals surface area contributed by atoms with Crippen LogP contribution in [0.1, 0.15) is 17.7 Å². The molecule has 0 aromatic carbocycles. The second kappa shape index (κ2) is 2.92. The van der Waals surface area contributed by atoms with Crippen LogP contribution in [-0.4, -0.2) is 4.98 Å². The van der Waals surface area contributed by atoms with Crippen LogP contribution in [0.5, 0.6) is 0 Å². The molecule has 0 spiro atoms. The van der Waals surface area contributed by atoms with Crippen molar-refractivity contribution < 1.29 is 8.78 Å². The molecule has 66 valence electrons. The summed E-state index contributed by atoms with van der Waals surface area (Å²) in [7, 11) is 0. The summed E-state index contributed by atoms with van der Waals surface area (Å²) in [5.74, 6) is 0. The van der Waals surface area contributed by atoms with Crippen LogP contribution in [-0.2, 0) is 0 Å². The predicted octanol–water partition coefficient (Wildman–Crippen LogP) is 1.20. The maximum absolute atomic E-state index is 12.2. The van der Waals surface area contributed by atoms with Gasteiger partial charge in [0.05, 0.1) is 11.3 Å². The zero-order valence-electron chi connectivity index (χ0n) is 6.40. The Morgan fingerprint density at radius 2 is 2.17 bits per heavy atom. The molecule has 3 N–H and O–H groups in total. The van der Waals surface area contributed by atoms with Gasteiger partial charge in [-0.15, -0.1) is 0 Å². The first kappa shape index (κ1) is 8.70. The molecule has 1 aromatic rings. The SMILES string of the molecule is Cc1[nH]cc(N)c(=O)c1C(F)F. The van der Waals surface area contributed by atoms with Gasteiger partial charge < -0.3 is 10.7 Å². The fourth-order valence-electron chi connectivity index (χ4n) is 0.918. The first-order valence-electron chi connectivity index (χ1n) is 3.30. The summed E-state index contributed by atoms with van der Waals surface area (Å²) in [4.78, 5) is 13.5. The number of aromatic amines is 1. The Morgan fingerprint density at radius 1 is 1.58 bits per heavy atom. The van der Waals surface area contributed by atoms with Gasteiger partial charge in [0.1, 0.15) is 0 Å². The van der Waals surface area contributed by atoms with E-state index in [0.29, 0.717) is 0 Å². The van der Waals surface area contributed by atoms with E-state index >= 15 is 0 Å². The third-order valence-electron chi connectivity index (χ3n) is 1.57. The Labute approximate surface area is 67.2 Å². The van der Waals surface area contributed by atoms with Crippen LogP contribution in [0, 0.1) is 6.92 Å². The molecular weight excluding hydrogens is 166 g/mol. The van der Waals surface area contributed by atoms with Crippen molar-refractivity contribution in [2.24, 2.45) is 0 Å². The van der Waals surface area contributed by atoms with E-state index in [0.717, 1.165) is 0 Å². The highest BCUT2D eigenvalue weighted by Gasteiger charge is 2.16. The number of pyridine rings is 1. The number of H-pyrrole nitrogens is 1. The van der Waals surface area contributed by atoms with E-state index in [-0.39, 0.29) is 11.4 Å². The average Bonchev–Trinajstić information content (AvgIpc) is 1.97. The third-order valence-corrected chi connectivity index (χ3v) is 1.57. The number of halogens is 2. The van der Waals surface area contributed by atoms with Crippen molar-refractivity contribution in [2.75, 3.05) is 5.73 Å². The van der Waals surface area contributed by atoms with Crippen molar-refractivity contribution in [3.63, 3.8) is 0 Å². The molecular formula is C7H8F2N2O. The lowest BCUT2D eigenvalue weighted by atomic mass is 10.2. The van der Waals surface area contributed by atoms with Crippen LogP contribution in [0.3, 0.4) is 0 Å². The van der Waals surface area contributed by atoms with Crippen LogP contribution < -0.4 is 11.2 Å². The smallest absolute Gasteiger partial charge is 0.269 e. The van der Waals surface area contributed by atoms with Gasteiger partial charge in [-0.2, -0.15) is 0 Å². The molecule has 1 rings (SSSR count). The zero-order chi connectivity index (χ0) is 9.30. The first-order chi connectivity index (χ1) is 5.54. The van der Waals surface area contributed by atoms with Gasteiger partial charge >= 0.3 is 0 Å². The summed E-state index contributed by atoms with van der Waals surface area (Å²) in [5.41, 5.74) is 3.79. The molecule has 0 saturated carbocycles. The normalized spacial score (nSPS) is 10.7. The molecule has 0 unspecified atom stereocenters. The second-order valence-corrected chi connectivity index (χ2v) is 2.41. The average molecular weight is 174 g/mol. The Balaban J connectivity index is 3.44. The number of aryl methyl sites for hydroxylation is 1. The standard InChI is InChI=1S/C7H8F2N2O/c1-3-5(7(8)9)6(12)4(10)2-11-3/h2,7H,10H2,1H3,(H,11,12). The number of alkyl halides is 2. The summed E-state index contributed by atoms with van der Waals surface area (Å²) >= 11 is 0. The molecule has 0 aliphatic rings. The van der Waals surface area contributed by atoms with Crippen LogP contribution in [0.15, 0.2) is 11.0 Å². The summed E-state index contributed by atoms with van der Waals surface area (Å²) in [6, 6.07) is 0. The number of rotatable bonds is 1. The topological polar surface area (TPSA) is 58.9 Å². The highest BCUT2D eigenvalue weighted by molar-refractivity contribution is 5.40. The van der Waals surface area contributed by atoms with Crippen molar-refractivity contribution in [3.05, 3.63) is 27.7 Å². The molecule has 0 amide bonds. The molecule has 0 atom stereocenters. The van der Waals surface area contributed by atoms with E-state index in [1.54, 1.807) is 0 Å². The highest BCUT2D eigenvalue weighted by Crippen LogP contribution is 2.17. The molecule has 3 nitrogen and oxygen atoms in total. The molecule has 1 aromatic heterocycles. The van der Waals surface area contributed by atoms with E-state index in [1.807, 2.05) is 0 Å². The van der Waals surface area contributed by atoms with Crippen molar-refractivity contribution in [3.8, 4) is 0 Å². The van der Waals surface area contributed by atoms with Crippen LogP contribution in [0.4, 0.5) is 14.5 Å². The lowest BCUT2D eigenvalue weighted by Gasteiger charge is -2.03. The lowest BCUT2D eigenvalue weighted by Crippen LogP contribution is -2.16. The van der Waals surface area contributed by atoms with E-state index in [9.17, 15) is 13.6 Å². The number of nitrogens with two attached hydrogens (primary N) is 1. The zero-order valence-corrected chi connectivity index (χ0v) is 6.40. The molecule has 5 heteroatoms. The third kappa shape index (κ3) is 1.30. The minimum absolute atomic E-state index is 0.157. The number of hydrogen-bond acceptors (Lipinski definition) is 2. The first-order valence-corrected chi connectivity index (χ1v) is 3.30.